The fourth-order valence-electron chi connectivity index (χ4n) is 1.93. The normalized spacial score (nSPS) is 15.8. The molecule has 0 atom stereocenters. The number of fused-ring (bicyclic) bond motifs is 1. The summed E-state index contributed by atoms with van der Waals surface area (Å²) in [7, 11) is -3.45. The van der Waals surface area contributed by atoms with Crippen LogP contribution in [0.2, 0.25) is 0 Å². The molecule has 0 aromatic heterocycles. The highest BCUT2D eigenvalue weighted by Crippen LogP contribution is 2.28. The van der Waals surface area contributed by atoms with Crippen molar-refractivity contribution in [3.8, 4) is 0 Å². The van der Waals surface area contributed by atoms with Gasteiger partial charge in [-0.1, -0.05) is 0 Å². The Hall–Kier alpha value is -1.57. The third kappa shape index (κ3) is 2.89. The zero-order chi connectivity index (χ0) is 14.4. The van der Waals surface area contributed by atoms with Gasteiger partial charge in [-0.15, -0.1) is 0 Å². The predicted octanol–water partition coefficient (Wildman–Crippen LogP) is 1.61. The average Bonchev–Trinajstić information content (AvgIpc) is 2.52. The fraction of sp³-hybridized carbons (Fsp3) is 0.364. The molecule has 0 bridgehead atoms. The Kier molecular flexibility index (Phi) is 3.08. The first-order valence-corrected chi connectivity index (χ1v) is 7.16. The molecule has 0 saturated heterocycles. The maximum atomic E-state index is 12.3. The molecule has 1 aromatic rings. The minimum atomic E-state index is -4.47. The van der Waals surface area contributed by atoms with Gasteiger partial charge in [0.2, 0.25) is 0 Å². The molecule has 0 fully saturated rings. The van der Waals surface area contributed by atoms with E-state index in [1.807, 2.05) is 0 Å². The standard InChI is InChI=1S/C11H10F3NO3S/c1-19(17,18)8-2-3-9-7(4-8)5-15(10(9)16)6-11(12,13)14/h2-4H,5-6H2,1H3. The van der Waals surface area contributed by atoms with Gasteiger partial charge in [-0.3, -0.25) is 4.79 Å². The van der Waals surface area contributed by atoms with Crippen LogP contribution < -0.4 is 0 Å². The van der Waals surface area contributed by atoms with Crippen molar-refractivity contribution in [1.29, 1.82) is 0 Å². The lowest BCUT2D eigenvalue weighted by molar-refractivity contribution is -0.140. The number of sulfone groups is 1. The van der Waals surface area contributed by atoms with E-state index in [1.165, 1.54) is 18.2 Å². The van der Waals surface area contributed by atoms with E-state index in [0.29, 0.717) is 10.5 Å². The summed E-state index contributed by atoms with van der Waals surface area (Å²) in [5, 5.41) is 0. The van der Waals surface area contributed by atoms with Gasteiger partial charge in [-0.2, -0.15) is 13.2 Å². The number of hydrogen-bond acceptors (Lipinski definition) is 3. The molecule has 0 radical (unpaired) electrons. The number of nitrogens with zero attached hydrogens (tertiary/aromatic N) is 1. The van der Waals surface area contributed by atoms with E-state index in [9.17, 15) is 26.4 Å². The summed E-state index contributed by atoms with van der Waals surface area (Å²) in [6.07, 6.45) is -3.48. The molecule has 19 heavy (non-hydrogen) atoms. The molecule has 0 unspecified atom stereocenters. The minimum absolute atomic E-state index is 0.00657. The summed E-state index contributed by atoms with van der Waals surface area (Å²) in [6, 6.07) is 3.73. The maximum absolute atomic E-state index is 12.3. The molecule has 0 aliphatic carbocycles. The van der Waals surface area contributed by atoms with Crippen molar-refractivity contribution in [3.05, 3.63) is 29.3 Å². The van der Waals surface area contributed by atoms with Crippen LogP contribution in [0.4, 0.5) is 13.2 Å². The lowest BCUT2D eigenvalue weighted by Gasteiger charge is -2.17. The van der Waals surface area contributed by atoms with Gasteiger partial charge in [-0.25, -0.2) is 8.42 Å². The van der Waals surface area contributed by atoms with Crippen molar-refractivity contribution in [3.63, 3.8) is 0 Å². The van der Waals surface area contributed by atoms with Crippen LogP contribution in [0.25, 0.3) is 0 Å². The molecule has 0 saturated carbocycles. The van der Waals surface area contributed by atoms with Gasteiger partial charge >= 0.3 is 6.18 Å². The molecule has 0 spiro atoms. The fourth-order valence-corrected chi connectivity index (χ4v) is 2.60. The number of carbonyl (C=O) groups is 1. The number of alkyl halides is 3. The lowest BCUT2D eigenvalue weighted by atomic mass is 10.1. The summed E-state index contributed by atoms with van der Waals surface area (Å²) >= 11 is 0. The van der Waals surface area contributed by atoms with Gasteiger partial charge in [0.05, 0.1) is 4.90 Å². The van der Waals surface area contributed by atoms with Crippen LogP contribution in [0.1, 0.15) is 15.9 Å². The van der Waals surface area contributed by atoms with Crippen LogP contribution >= 0.6 is 0 Å². The van der Waals surface area contributed by atoms with Crippen molar-refractivity contribution in [2.75, 3.05) is 12.8 Å². The number of rotatable bonds is 2. The third-order valence-corrected chi connectivity index (χ3v) is 3.86. The summed E-state index contributed by atoms with van der Waals surface area (Å²) in [5.41, 5.74) is 0.425. The van der Waals surface area contributed by atoms with E-state index < -0.39 is 28.5 Å². The topological polar surface area (TPSA) is 54.5 Å². The molecule has 0 N–H and O–H groups in total. The van der Waals surface area contributed by atoms with E-state index in [-0.39, 0.29) is 17.0 Å². The second kappa shape index (κ2) is 4.22. The molecule has 1 amide bonds. The van der Waals surface area contributed by atoms with Gasteiger partial charge < -0.3 is 4.90 Å². The van der Waals surface area contributed by atoms with Gasteiger partial charge in [0.25, 0.3) is 5.91 Å². The molecule has 4 nitrogen and oxygen atoms in total. The van der Waals surface area contributed by atoms with Crippen LogP contribution in [0.5, 0.6) is 0 Å². The van der Waals surface area contributed by atoms with Crippen molar-refractivity contribution in [1.82, 2.24) is 4.90 Å². The van der Waals surface area contributed by atoms with Crippen molar-refractivity contribution in [2.45, 2.75) is 17.6 Å². The number of benzene rings is 1. The molecule has 104 valence electrons. The molecule has 1 aromatic carbocycles. The Labute approximate surface area is 107 Å². The summed E-state index contributed by atoms with van der Waals surface area (Å²) < 4.78 is 59.5. The van der Waals surface area contributed by atoms with Gasteiger partial charge in [0.15, 0.2) is 9.84 Å². The first kappa shape index (κ1) is 13.9. The molecular weight excluding hydrogens is 283 g/mol. The quantitative estimate of drug-likeness (QED) is 0.832. The number of halogens is 3. The number of carbonyl (C=O) groups excluding carboxylic acids is 1. The van der Waals surface area contributed by atoms with Gasteiger partial charge in [-0.05, 0) is 23.8 Å². The molecule has 1 aliphatic rings. The maximum Gasteiger partial charge on any atom is 0.406 e. The summed E-state index contributed by atoms with van der Waals surface area (Å²) in [6.45, 7) is -1.56. The lowest BCUT2D eigenvalue weighted by Crippen LogP contribution is -2.34. The van der Waals surface area contributed by atoms with Crippen molar-refractivity contribution < 1.29 is 26.4 Å². The third-order valence-electron chi connectivity index (χ3n) is 2.75. The smallest absolute Gasteiger partial charge is 0.325 e. The minimum Gasteiger partial charge on any atom is -0.325 e. The van der Waals surface area contributed by atoms with Crippen molar-refractivity contribution >= 4 is 15.7 Å². The Bertz CT molecular complexity index is 637. The summed E-state index contributed by atoms with van der Waals surface area (Å²) in [4.78, 5) is 12.4. The first-order valence-electron chi connectivity index (χ1n) is 5.27. The average molecular weight is 293 g/mol. The summed E-state index contributed by atoms with van der Waals surface area (Å²) in [5.74, 6) is -0.729. The highest BCUT2D eigenvalue weighted by atomic mass is 32.2. The van der Waals surface area contributed by atoms with E-state index in [2.05, 4.69) is 0 Å². The SMILES string of the molecule is CS(=O)(=O)c1ccc2c(c1)CN(CC(F)(F)F)C2=O. The molecule has 1 aliphatic heterocycles. The molecule has 8 heteroatoms. The van der Waals surface area contributed by atoms with E-state index in [0.717, 1.165) is 6.26 Å². The van der Waals surface area contributed by atoms with Gasteiger partial charge in [0.1, 0.15) is 6.54 Å². The second-order valence-electron chi connectivity index (χ2n) is 4.37. The van der Waals surface area contributed by atoms with E-state index >= 15 is 0 Å². The zero-order valence-corrected chi connectivity index (χ0v) is 10.7. The van der Waals surface area contributed by atoms with E-state index in [4.69, 9.17) is 0 Å². The Balaban J connectivity index is 2.34. The van der Waals surface area contributed by atoms with Gasteiger partial charge in [0, 0.05) is 18.4 Å². The van der Waals surface area contributed by atoms with Crippen LogP contribution in [0.15, 0.2) is 23.1 Å². The van der Waals surface area contributed by atoms with Crippen LogP contribution in [-0.4, -0.2) is 38.2 Å². The molecular formula is C11H10F3NO3S. The zero-order valence-electron chi connectivity index (χ0n) is 9.86. The number of amides is 1. The number of hydrogen-bond donors (Lipinski definition) is 0. The highest BCUT2D eigenvalue weighted by molar-refractivity contribution is 7.90. The molecule has 1 heterocycles. The predicted molar refractivity (Wildman–Crippen MR) is 60.3 cm³/mol. The first-order chi connectivity index (χ1) is 8.58. The van der Waals surface area contributed by atoms with Crippen molar-refractivity contribution in [2.24, 2.45) is 0 Å². The van der Waals surface area contributed by atoms with E-state index in [1.54, 1.807) is 0 Å². The van der Waals surface area contributed by atoms with Crippen LogP contribution in [0, 0.1) is 0 Å². The molecule has 2 rings (SSSR count). The van der Waals surface area contributed by atoms with Crippen LogP contribution in [-0.2, 0) is 16.4 Å². The Morgan fingerprint density at radius 2 is 1.95 bits per heavy atom. The highest BCUT2D eigenvalue weighted by Gasteiger charge is 2.37. The Morgan fingerprint density at radius 3 is 2.47 bits per heavy atom. The monoisotopic (exact) mass is 293 g/mol. The van der Waals surface area contributed by atoms with Crippen LogP contribution in [0.3, 0.4) is 0 Å². The largest absolute Gasteiger partial charge is 0.406 e. The second-order valence-corrected chi connectivity index (χ2v) is 6.38. The Morgan fingerprint density at radius 1 is 1.32 bits per heavy atom.